The van der Waals surface area contributed by atoms with Crippen LogP contribution in [0.5, 0.6) is 0 Å². The monoisotopic (exact) mass is 327 g/mol. The zero-order valence-corrected chi connectivity index (χ0v) is 13.8. The molecule has 0 fully saturated rings. The highest BCUT2D eigenvalue weighted by Crippen LogP contribution is 2.25. The summed E-state index contributed by atoms with van der Waals surface area (Å²) in [5, 5.41) is 4.01. The third kappa shape index (κ3) is 2.90. The number of fused-ring (bicyclic) bond motifs is 1. The topological polar surface area (TPSA) is 46.9 Å². The Bertz CT molecular complexity index is 1100. The number of rotatable bonds is 3. The maximum Gasteiger partial charge on any atom is 0.191 e. The van der Waals surface area contributed by atoms with Gasteiger partial charge in [-0.1, -0.05) is 30.3 Å². The Labute approximate surface area is 145 Å². The van der Waals surface area contributed by atoms with E-state index in [1.807, 2.05) is 47.0 Å². The Morgan fingerprint density at radius 3 is 2.60 bits per heavy atom. The fraction of sp³-hybridized carbons (Fsp3) is 0.0476. The van der Waals surface area contributed by atoms with E-state index in [1.165, 1.54) is 0 Å². The highest BCUT2D eigenvalue weighted by atomic mass is 16.1. The predicted molar refractivity (Wildman–Crippen MR) is 102 cm³/mol. The Balaban J connectivity index is 2.01. The number of nitrogens with one attached hydrogen (secondary N) is 1. The van der Waals surface area contributed by atoms with E-state index < -0.39 is 0 Å². The number of para-hydroxylation sites is 1. The molecule has 4 rings (SSSR count). The second-order valence-corrected chi connectivity index (χ2v) is 5.95. The van der Waals surface area contributed by atoms with Gasteiger partial charge in [0.2, 0.25) is 0 Å². The second-order valence-electron chi connectivity index (χ2n) is 5.95. The summed E-state index contributed by atoms with van der Waals surface area (Å²) in [7, 11) is 0. The van der Waals surface area contributed by atoms with E-state index in [0.29, 0.717) is 11.2 Å². The van der Waals surface area contributed by atoms with Gasteiger partial charge < -0.3 is 5.32 Å². The molecule has 0 bridgehead atoms. The average molecular weight is 327 g/mol. The van der Waals surface area contributed by atoms with Crippen molar-refractivity contribution in [1.82, 2.24) is 9.55 Å². The van der Waals surface area contributed by atoms with Crippen LogP contribution >= 0.6 is 0 Å². The lowest BCUT2D eigenvalue weighted by molar-refractivity contribution is 1.09. The molecule has 0 atom stereocenters. The Hall–Kier alpha value is -3.40. The molecule has 0 aliphatic carbocycles. The molecular formula is C21H17N3O. The van der Waals surface area contributed by atoms with E-state index in [2.05, 4.69) is 29.4 Å². The summed E-state index contributed by atoms with van der Waals surface area (Å²) in [5.74, 6) is 0.710. The number of aryl methyl sites for hydroxylation is 1. The van der Waals surface area contributed by atoms with Crippen molar-refractivity contribution in [1.29, 1.82) is 0 Å². The van der Waals surface area contributed by atoms with E-state index >= 15 is 0 Å². The van der Waals surface area contributed by atoms with Crippen LogP contribution in [-0.2, 0) is 0 Å². The lowest BCUT2D eigenvalue weighted by Gasteiger charge is -2.18. The molecule has 0 saturated heterocycles. The lowest BCUT2D eigenvalue weighted by atomic mass is 10.2. The van der Waals surface area contributed by atoms with Gasteiger partial charge >= 0.3 is 0 Å². The fourth-order valence-electron chi connectivity index (χ4n) is 2.98. The number of hydrogen-bond acceptors (Lipinski definition) is 3. The van der Waals surface area contributed by atoms with Crippen LogP contribution in [0.2, 0.25) is 0 Å². The first kappa shape index (κ1) is 15.1. The van der Waals surface area contributed by atoms with Gasteiger partial charge in [0.15, 0.2) is 5.43 Å². The van der Waals surface area contributed by atoms with E-state index in [1.54, 1.807) is 24.5 Å². The Kier molecular flexibility index (Phi) is 3.78. The Morgan fingerprint density at radius 2 is 1.80 bits per heavy atom. The van der Waals surface area contributed by atoms with Crippen LogP contribution in [0.1, 0.15) is 5.56 Å². The van der Waals surface area contributed by atoms with E-state index in [-0.39, 0.29) is 5.43 Å². The first-order valence-corrected chi connectivity index (χ1v) is 8.11. The summed E-state index contributed by atoms with van der Waals surface area (Å²) in [5.41, 5.74) is 3.81. The van der Waals surface area contributed by atoms with Crippen LogP contribution in [0.15, 0.2) is 83.9 Å². The number of nitrogens with zero attached hydrogens (tertiary/aromatic N) is 2. The van der Waals surface area contributed by atoms with Crippen LogP contribution in [0.25, 0.3) is 16.6 Å². The van der Waals surface area contributed by atoms with Crippen molar-refractivity contribution in [3.05, 3.63) is 94.9 Å². The number of anilines is 2. The molecular weight excluding hydrogens is 310 g/mol. The molecule has 0 aliphatic heterocycles. The van der Waals surface area contributed by atoms with Gasteiger partial charge in [-0.2, -0.15) is 0 Å². The van der Waals surface area contributed by atoms with Crippen molar-refractivity contribution >= 4 is 22.4 Å². The van der Waals surface area contributed by atoms with Gasteiger partial charge in [-0.25, -0.2) is 0 Å². The zero-order valence-electron chi connectivity index (χ0n) is 13.8. The van der Waals surface area contributed by atoms with Crippen LogP contribution in [-0.4, -0.2) is 9.55 Å². The Morgan fingerprint density at radius 1 is 0.960 bits per heavy atom. The summed E-state index contributed by atoms with van der Waals surface area (Å²) >= 11 is 0. The third-order valence-electron chi connectivity index (χ3n) is 4.12. The molecule has 2 aromatic carbocycles. The largest absolute Gasteiger partial charge is 0.341 e. The molecule has 2 aromatic heterocycles. The minimum Gasteiger partial charge on any atom is -0.341 e. The zero-order chi connectivity index (χ0) is 17.2. The van der Waals surface area contributed by atoms with Crippen molar-refractivity contribution in [3.8, 4) is 5.69 Å². The van der Waals surface area contributed by atoms with Crippen molar-refractivity contribution in [2.75, 3.05) is 5.32 Å². The van der Waals surface area contributed by atoms with E-state index in [0.717, 1.165) is 22.5 Å². The van der Waals surface area contributed by atoms with Gasteiger partial charge in [-0.05, 0) is 42.8 Å². The highest BCUT2D eigenvalue weighted by Gasteiger charge is 2.11. The molecule has 0 aliphatic rings. The molecule has 0 radical (unpaired) electrons. The number of aromatic nitrogens is 2. The van der Waals surface area contributed by atoms with E-state index in [9.17, 15) is 4.79 Å². The summed E-state index contributed by atoms with van der Waals surface area (Å²) in [6.45, 7) is 2.05. The molecule has 4 aromatic rings. The normalized spacial score (nSPS) is 10.8. The predicted octanol–water partition coefficient (Wildman–Crippen LogP) is 4.44. The number of benzene rings is 2. The lowest BCUT2D eigenvalue weighted by Crippen LogP contribution is -2.12. The molecule has 0 saturated carbocycles. The van der Waals surface area contributed by atoms with Crippen molar-refractivity contribution in [2.45, 2.75) is 6.92 Å². The smallest absolute Gasteiger partial charge is 0.191 e. The van der Waals surface area contributed by atoms with Crippen molar-refractivity contribution < 1.29 is 0 Å². The second kappa shape index (κ2) is 6.24. The van der Waals surface area contributed by atoms with Gasteiger partial charge in [0.25, 0.3) is 0 Å². The quantitative estimate of drug-likeness (QED) is 0.605. The summed E-state index contributed by atoms with van der Waals surface area (Å²) < 4.78 is 2.03. The highest BCUT2D eigenvalue weighted by molar-refractivity contribution is 5.83. The summed E-state index contributed by atoms with van der Waals surface area (Å²) in [6, 6.07) is 21.4. The van der Waals surface area contributed by atoms with Gasteiger partial charge in [0.1, 0.15) is 5.82 Å². The van der Waals surface area contributed by atoms with E-state index in [4.69, 9.17) is 0 Å². The first-order valence-electron chi connectivity index (χ1n) is 8.11. The van der Waals surface area contributed by atoms with Crippen LogP contribution in [0, 0.1) is 6.92 Å². The molecule has 0 spiro atoms. The molecule has 2 heterocycles. The van der Waals surface area contributed by atoms with Gasteiger partial charge in [-0.3, -0.25) is 14.3 Å². The van der Waals surface area contributed by atoms with Crippen LogP contribution in [0.4, 0.5) is 11.5 Å². The van der Waals surface area contributed by atoms with Crippen LogP contribution in [0.3, 0.4) is 0 Å². The van der Waals surface area contributed by atoms with Crippen molar-refractivity contribution in [2.24, 2.45) is 0 Å². The molecule has 4 heteroatoms. The number of pyridine rings is 2. The average Bonchev–Trinajstić information content (AvgIpc) is 2.63. The molecule has 122 valence electrons. The first-order chi connectivity index (χ1) is 12.2. The molecule has 25 heavy (non-hydrogen) atoms. The minimum absolute atomic E-state index is 0.0280. The maximum absolute atomic E-state index is 12.6. The number of hydrogen-bond donors (Lipinski definition) is 1. The molecule has 1 N–H and O–H groups in total. The van der Waals surface area contributed by atoms with Crippen molar-refractivity contribution in [3.63, 3.8) is 0 Å². The standard InChI is InChI=1S/C21H17N3O/c1-15-6-5-9-17(12-15)24-19-14-22-11-10-18(19)20(25)13-21(24)23-16-7-3-2-4-8-16/h2-14,23H,1H3. The maximum atomic E-state index is 12.6. The minimum atomic E-state index is -0.0280. The van der Waals surface area contributed by atoms with Gasteiger partial charge in [-0.15, -0.1) is 0 Å². The summed E-state index contributed by atoms with van der Waals surface area (Å²) in [6.07, 6.45) is 3.38. The molecule has 0 unspecified atom stereocenters. The fourth-order valence-corrected chi connectivity index (χ4v) is 2.98. The molecule has 4 nitrogen and oxygen atoms in total. The van der Waals surface area contributed by atoms with Crippen LogP contribution < -0.4 is 10.7 Å². The SMILES string of the molecule is Cc1cccc(-n2c(Nc3ccccc3)cc(=O)c3ccncc32)c1. The van der Waals surface area contributed by atoms with Gasteiger partial charge in [0.05, 0.1) is 11.7 Å². The summed E-state index contributed by atoms with van der Waals surface area (Å²) in [4.78, 5) is 16.8. The molecule has 0 amide bonds. The van der Waals surface area contributed by atoms with Gasteiger partial charge in [0, 0.05) is 29.0 Å². The third-order valence-corrected chi connectivity index (χ3v) is 4.12.